The summed E-state index contributed by atoms with van der Waals surface area (Å²) in [6.07, 6.45) is 1.71. The zero-order chi connectivity index (χ0) is 14.0. The Kier molecular flexibility index (Phi) is 3.85. The zero-order valence-corrected chi connectivity index (χ0v) is 12.1. The fraction of sp³-hybridized carbons (Fsp3) is 0.143. The second-order valence-electron chi connectivity index (χ2n) is 3.99. The Morgan fingerprint density at radius 1 is 1.37 bits per heavy atom. The second-order valence-corrected chi connectivity index (χ2v) is 4.91. The van der Waals surface area contributed by atoms with Crippen LogP contribution in [0.2, 0.25) is 0 Å². The molecule has 0 radical (unpaired) electrons. The number of hydrogen-bond donors (Lipinski definition) is 1. The van der Waals surface area contributed by atoms with Crippen molar-refractivity contribution in [3.63, 3.8) is 0 Å². The van der Waals surface area contributed by atoms with E-state index in [0.717, 1.165) is 10.0 Å². The molecule has 98 valence electrons. The van der Waals surface area contributed by atoms with E-state index >= 15 is 0 Å². The number of aliphatic hydroxyl groups is 1. The maximum atomic E-state index is 11.5. The average Bonchev–Trinajstić information content (AvgIpc) is 2.66. The number of aliphatic imine (C=N–C) groups is 1. The quantitative estimate of drug-likeness (QED) is 0.850. The van der Waals surface area contributed by atoms with Gasteiger partial charge in [-0.25, -0.2) is 9.79 Å². The van der Waals surface area contributed by atoms with Gasteiger partial charge in [0.05, 0.1) is 12.8 Å². The molecule has 0 saturated carbocycles. The number of carbonyl (C=O) groups is 1. The molecule has 0 amide bonds. The highest BCUT2D eigenvalue weighted by molar-refractivity contribution is 9.10. The molecule has 1 aromatic rings. The molecule has 0 bridgehead atoms. The number of esters is 1. The number of hydrogen-bond acceptors (Lipinski definition) is 4. The molecular weight excluding hydrogens is 310 g/mol. The van der Waals surface area contributed by atoms with Gasteiger partial charge in [0.15, 0.2) is 5.76 Å². The first-order valence-electron chi connectivity index (χ1n) is 5.58. The van der Waals surface area contributed by atoms with Crippen LogP contribution in [0.3, 0.4) is 0 Å². The molecule has 1 aliphatic heterocycles. The van der Waals surface area contributed by atoms with Crippen molar-refractivity contribution in [1.29, 1.82) is 0 Å². The Bertz CT molecular complexity index is 612. The monoisotopic (exact) mass is 321 g/mol. The van der Waals surface area contributed by atoms with E-state index in [1.54, 1.807) is 13.0 Å². The first-order chi connectivity index (χ1) is 9.02. The van der Waals surface area contributed by atoms with Crippen LogP contribution in [0.25, 0.3) is 6.08 Å². The molecular formula is C14H12BrNO3. The molecule has 4 nitrogen and oxygen atoms in total. The number of nitrogens with zero attached hydrogens (tertiary/aromatic N) is 1. The van der Waals surface area contributed by atoms with E-state index in [1.807, 2.05) is 24.3 Å². The highest BCUT2D eigenvalue weighted by Gasteiger charge is 2.27. The molecule has 2 rings (SSSR count). The van der Waals surface area contributed by atoms with Gasteiger partial charge in [-0.2, -0.15) is 0 Å². The number of carbonyl (C=O) groups excluding carboxylic acids is 1. The predicted octanol–water partition coefficient (Wildman–Crippen LogP) is 3.25. The van der Waals surface area contributed by atoms with E-state index < -0.39 is 5.97 Å². The molecule has 1 heterocycles. The summed E-state index contributed by atoms with van der Waals surface area (Å²) in [7, 11) is 1.27. The maximum Gasteiger partial charge on any atom is 0.343 e. The van der Waals surface area contributed by atoms with Crippen molar-refractivity contribution in [2.75, 3.05) is 7.11 Å². The van der Waals surface area contributed by atoms with Crippen molar-refractivity contribution < 1.29 is 14.6 Å². The van der Waals surface area contributed by atoms with Crippen LogP contribution < -0.4 is 0 Å². The number of ether oxygens (including phenoxy) is 1. The van der Waals surface area contributed by atoms with E-state index in [-0.39, 0.29) is 11.3 Å². The Hall–Kier alpha value is -1.88. The lowest BCUT2D eigenvalue weighted by atomic mass is 10.1. The van der Waals surface area contributed by atoms with Crippen molar-refractivity contribution in [2.45, 2.75) is 6.92 Å². The number of halogens is 1. The third kappa shape index (κ3) is 2.76. The van der Waals surface area contributed by atoms with Gasteiger partial charge in [-0.05, 0) is 30.7 Å². The van der Waals surface area contributed by atoms with Gasteiger partial charge in [-0.3, -0.25) is 0 Å². The van der Waals surface area contributed by atoms with E-state index in [9.17, 15) is 9.90 Å². The van der Waals surface area contributed by atoms with Crippen LogP contribution in [0.5, 0.6) is 0 Å². The van der Waals surface area contributed by atoms with Crippen LogP contribution in [-0.2, 0) is 9.53 Å². The predicted molar refractivity (Wildman–Crippen MR) is 76.9 cm³/mol. The normalized spacial score (nSPS) is 16.8. The molecule has 0 fully saturated rings. The second kappa shape index (κ2) is 5.40. The third-order valence-corrected chi connectivity index (χ3v) is 3.22. The topological polar surface area (TPSA) is 58.9 Å². The van der Waals surface area contributed by atoms with Crippen LogP contribution >= 0.6 is 15.9 Å². The molecule has 1 aromatic carbocycles. The van der Waals surface area contributed by atoms with Crippen LogP contribution in [0.4, 0.5) is 0 Å². The molecule has 0 spiro atoms. The molecule has 5 heteroatoms. The lowest BCUT2D eigenvalue weighted by Gasteiger charge is -2.00. The van der Waals surface area contributed by atoms with Gasteiger partial charge in [0.2, 0.25) is 0 Å². The Labute approximate surface area is 119 Å². The Morgan fingerprint density at radius 2 is 2.00 bits per heavy atom. The Morgan fingerprint density at radius 3 is 2.58 bits per heavy atom. The molecule has 1 aliphatic rings. The van der Waals surface area contributed by atoms with Gasteiger partial charge < -0.3 is 9.84 Å². The van der Waals surface area contributed by atoms with E-state index in [4.69, 9.17) is 0 Å². The number of rotatable bonds is 2. The molecule has 19 heavy (non-hydrogen) atoms. The molecule has 1 N–H and O–H groups in total. The fourth-order valence-corrected chi connectivity index (χ4v) is 2.02. The Balaban J connectivity index is 2.40. The van der Waals surface area contributed by atoms with Gasteiger partial charge in [0.25, 0.3) is 0 Å². The summed E-state index contributed by atoms with van der Waals surface area (Å²) in [5.74, 6) is -0.731. The van der Waals surface area contributed by atoms with Crippen molar-refractivity contribution >= 4 is 33.7 Å². The summed E-state index contributed by atoms with van der Waals surface area (Å²) in [4.78, 5) is 15.7. The standard InChI is InChI=1S/C14H12BrNO3/c1-8-12(14(18)19-2)13(17)11(16-8)7-9-3-5-10(15)6-4-9/h3-7,17H,1-2H3. The largest absolute Gasteiger partial charge is 0.505 e. The van der Waals surface area contributed by atoms with Gasteiger partial charge >= 0.3 is 5.97 Å². The highest BCUT2D eigenvalue weighted by Crippen LogP contribution is 2.26. The van der Waals surface area contributed by atoms with Gasteiger partial charge in [-0.1, -0.05) is 28.1 Å². The lowest BCUT2D eigenvalue weighted by molar-refractivity contribution is -0.135. The number of methoxy groups -OCH3 is 1. The molecule has 0 saturated heterocycles. The maximum absolute atomic E-state index is 11.5. The summed E-state index contributed by atoms with van der Waals surface area (Å²) in [5, 5.41) is 10.0. The highest BCUT2D eigenvalue weighted by atomic mass is 79.9. The third-order valence-electron chi connectivity index (χ3n) is 2.69. The number of benzene rings is 1. The summed E-state index contributed by atoms with van der Waals surface area (Å²) in [6, 6.07) is 7.54. The minimum Gasteiger partial charge on any atom is -0.505 e. The van der Waals surface area contributed by atoms with Crippen molar-refractivity contribution in [3.05, 3.63) is 51.3 Å². The molecule has 0 unspecified atom stereocenters. The average molecular weight is 322 g/mol. The fourth-order valence-electron chi connectivity index (χ4n) is 1.75. The summed E-state index contributed by atoms with van der Waals surface area (Å²) in [6.45, 7) is 1.66. The van der Waals surface area contributed by atoms with Crippen LogP contribution in [0.1, 0.15) is 12.5 Å². The van der Waals surface area contributed by atoms with Crippen molar-refractivity contribution in [1.82, 2.24) is 0 Å². The number of aliphatic hydroxyl groups excluding tert-OH is 1. The smallest absolute Gasteiger partial charge is 0.343 e. The van der Waals surface area contributed by atoms with Crippen LogP contribution in [-0.4, -0.2) is 23.9 Å². The van der Waals surface area contributed by atoms with E-state index in [0.29, 0.717) is 11.4 Å². The van der Waals surface area contributed by atoms with E-state index in [1.165, 1.54) is 7.11 Å². The summed E-state index contributed by atoms with van der Waals surface area (Å²) < 4.78 is 5.59. The van der Waals surface area contributed by atoms with Crippen molar-refractivity contribution in [3.8, 4) is 0 Å². The van der Waals surface area contributed by atoms with Crippen molar-refractivity contribution in [2.24, 2.45) is 4.99 Å². The minimum absolute atomic E-state index is 0.117. The molecule has 0 atom stereocenters. The SMILES string of the molecule is COC(=O)C1=C(O)C(=Cc2ccc(Br)cc2)N=C1C. The van der Waals surface area contributed by atoms with E-state index in [2.05, 4.69) is 25.7 Å². The van der Waals surface area contributed by atoms with Crippen LogP contribution in [0, 0.1) is 0 Å². The van der Waals surface area contributed by atoms with Gasteiger partial charge in [0, 0.05) is 4.47 Å². The van der Waals surface area contributed by atoms with Crippen LogP contribution in [0.15, 0.2) is 50.8 Å². The first kappa shape index (κ1) is 13.5. The molecule has 0 aromatic heterocycles. The summed E-state index contributed by atoms with van der Waals surface area (Å²) in [5.41, 5.74) is 1.81. The molecule has 0 aliphatic carbocycles. The minimum atomic E-state index is -0.585. The summed E-state index contributed by atoms with van der Waals surface area (Å²) >= 11 is 3.35. The zero-order valence-electron chi connectivity index (χ0n) is 10.5. The first-order valence-corrected chi connectivity index (χ1v) is 6.37. The van der Waals surface area contributed by atoms with Gasteiger partial charge in [-0.15, -0.1) is 0 Å². The lowest BCUT2D eigenvalue weighted by Crippen LogP contribution is -2.11. The van der Waals surface area contributed by atoms with Gasteiger partial charge in [0.1, 0.15) is 11.3 Å².